The molecule has 7 heteroatoms. The quantitative estimate of drug-likeness (QED) is 0.684. The van der Waals surface area contributed by atoms with Gasteiger partial charge in [-0.3, -0.25) is 4.79 Å². The summed E-state index contributed by atoms with van der Waals surface area (Å²) in [6.07, 6.45) is 0. The van der Waals surface area contributed by atoms with Crippen molar-refractivity contribution in [2.75, 3.05) is 13.4 Å². The molecule has 1 aliphatic rings. The average Bonchev–Trinajstić information content (AvgIpc) is 3.13. The molecule has 1 amide bonds. The third kappa shape index (κ3) is 3.64. The summed E-state index contributed by atoms with van der Waals surface area (Å²) in [5.41, 5.74) is 1.74. The number of aryl methyl sites for hydroxylation is 1. The molecule has 7 nitrogen and oxygen atoms in total. The lowest BCUT2D eigenvalue weighted by Gasteiger charge is -2.15. The van der Waals surface area contributed by atoms with Gasteiger partial charge < -0.3 is 23.9 Å². The van der Waals surface area contributed by atoms with Gasteiger partial charge in [-0.05, 0) is 49.2 Å². The summed E-state index contributed by atoms with van der Waals surface area (Å²) in [6.45, 7) is 3.77. The second-order valence-electron chi connectivity index (χ2n) is 6.60. The molecule has 0 saturated carbocycles. The molecule has 1 unspecified atom stereocenters. The van der Waals surface area contributed by atoms with E-state index in [4.69, 9.17) is 18.6 Å². The van der Waals surface area contributed by atoms with Gasteiger partial charge >= 0.3 is 5.63 Å². The van der Waals surface area contributed by atoms with E-state index >= 15 is 0 Å². The molecule has 1 aromatic heterocycles. The first kappa shape index (κ1) is 17.9. The number of carbonyl (C=O) groups excluding carboxylic acids is 1. The van der Waals surface area contributed by atoms with Gasteiger partial charge in [0.2, 0.25) is 6.79 Å². The van der Waals surface area contributed by atoms with Gasteiger partial charge in [0.25, 0.3) is 5.91 Å². The zero-order valence-corrected chi connectivity index (χ0v) is 15.5. The van der Waals surface area contributed by atoms with Crippen molar-refractivity contribution >= 4 is 16.9 Å². The molecular weight excluding hydrogens is 362 g/mol. The van der Waals surface area contributed by atoms with E-state index in [0.29, 0.717) is 22.8 Å². The Morgan fingerprint density at radius 2 is 1.96 bits per heavy atom. The maximum atomic E-state index is 12.2. The van der Waals surface area contributed by atoms with Crippen LogP contribution in [0.4, 0.5) is 0 Å². The number of rotatable bonds is 5. The number of carbonyl (C=O) groups is 1. The SMILES string of the molecule is Cc1cc(=O)oc2cc(OCC(=O)NC(C)c3ccc4c(c3)OCO4)ccc12. The Balaban J connectivity index is 1.39. The van der Waals surface area contributed by atoms with Crippen molar-refractivity contribution in [3.05, 3.63) is 64.0 Å². The van der Waals surface area contributed by atoms with Crippen LogP contribution in [0.25, 0.3) is 11.0 Å². The smallest absolute Gasteiger partial charge is 0.336 e. The Kier molecular flexibility index (Phi) is 4.65. The number of benzene rings is 2. The molecule has 4 rings (SSSR count). The van der Waals surface area contributed by atoms with E-state index in [9.17, 15) is 9.59 Å². The molecule has 1 N–H and O–H groups in total. The van der Waals surface area contributed by atoms with E-state index in [1.807, 2.05) is 32.0 Å². The van der Waals surface area contributed by atoms with Crippen molar-refractivity contribution in [2.24, 2.45) is 0 Å². The molecule has 0 radical (unpaired) electrons. The number of amides is 1. The molecule has 0 aliphatic carbocycles. The zero-order chi connectivity index (χ0) is 19.7. The maximum Gasteiger partial charge on any atom is 0.336 e. The third-order valence-corrected chi connectivity index (χ3v) is 4.57. The van der Waals surface area contributed by atoms with Gasteiger partial charge in [0.05, 0.1) is 6.04 Å². The Morgan fingerprint density at radius 3 is 2.82 bits per heavy atom. The van der Waals surface area contributed by atoms with Gasteiger partial charge in [-0.1, -0.05) is 6.07 Å². The number of ether oxygens (including phenoxy) is 3. The van der Waals surface area contributed by atoms with Crippen LogP contribution in [0.5, 0.6) is 17.2 Å². The van der Waals surface area contributed by atoms with Crippen LogP contribution in [0.2, 0.25) is 0 Å². The number of hydrogen-bond acceptors (Lipinski definition) is 6. The zero-order valence-electron chi connectivity index (χ0n) is 15.5. The number of hydrogen-bond donors (Lipinski definition) is 1. The second kappa shape index (κ2) is 7.26. The van der Waals surface area contributed by atoms with Gasteiger partial charge in [-0.2, -0.15) is 0 Å². The van der Waals surface area contributed by atoms with E-state index in [0.717, 1.165) is 16.5 Å². The predicted molar refractivity (Wildman–Crippen MR) is 102 cm³/mol. The lowest BCUT2D eigenvalue weighted by atomic mass is 10.1. The number of fused-ring (bicyclic) bond motifs is 2. The van der Waals surface area contributed by atoms with Gasteiger partial charge in [0.15, 0.2) is 18.1 Å². The predicted octanol–water partition coefficient (Wildman–Crippen LogP) is 3.09. The van der Waals surface area contributed by atoms with Crippen LogP contribution in [0.3, 0.4) is 0 Å². The molecule has 1 aliphatic heterocycles. The van der Waals surface area contributed by atoms with Crippen molar-refractivity contribution in [2.45, 2.75) is 19.9 Å². The van der Waals surface area contributed by atoms with Crippen molar-refractivity contribution < 1.29 is 23.4 Å². The average molecular weight is 381 g/mol. The summed E-state index contributed by atoms with van der Waals surface area (Å²) in [5.74, 6) is 1.55. The normalized spacial score (nSPS) is 13.4. The molecule has 2 heterocycles. The number of nitrogens with one attached hydrogen (secondary N) is 1. The van der Waals surface area contributed by atoms with E-state index in [2.05, 4.69) is 5.32 Å². The van der Waals surface area contributed by atoms with E-state index in [1.54, 1.807) is 18.2 Å². The lowest BCUT2D eigenvalue weighted by Crippen LogP contribution is -2.31. The Morgan fingerprint density at radius 1 is 1.14 bits per heavy atom. The van der Waals surface area contributed by atoms with Crippen LogP contribution < -0.4 is 25.2 Å². The Labute approximate surface area is 160 Å². The summed E-state index contributed by atoms with van der Waals surface area (Å²) < 4.78 is 21.4. The van der Waals surface area contributed by atoms with Gasteiger partial charge in [0.1, 0.15) is 11.3 Å². The minimum Gasteiger partial charge on any atom is -0.484 e. The van der Waals surface area contributed by atoms with Crippen molar-refractivity contribution in [3.63, 3.8) is 0 Å². The van der Waals surface area contributed by atoms with Gasteiger partial charge in [0, 0.05) is 17.5 Å². The topological polar surface area (TPSA) is 87.0 Å². The molecule has 0 bridgehead atoms. The molecular formula is C21H19NO6. The first-order valence-corrected chi connectivity index (χ1v) is 8.86. The van der Waals surface area contributed by atoms with E-state index in [1.165, 1.54) is 6.07 Å². The summed E-state index contributed by atoms with van der Waals surface area (Å²) in [4.78, 5) is 23.8. The lowest BCUT2D eigenvalue weighted by molar-refractivity contribution is -0.123. The van der Waals surface area contributed by atoms with E-state index in [-0.39, 0.29) is 25.3 Å². The van der Waals surface area contributed by atoms with Crippen molar-refractivity contribution in [3.8, 4) is 17.2 Å². The van der Waals surface area contributed by atoms with E-state index < -0.39 is 5.63 Å². The van der Waals surface area contributed by atoms with Crippen LogP contribution in [-0.2, 0) is 4.79 Å². The summed E-state index contributed by atoms with van der Waals surface area (Å²) >= 11 is 0. The summed E-state index contributed by atoms with van der Waals surface area (Å²) in [7, 11) is 0. The largest absolute Gasteiger partial charge is 0.484 e. The molecule has 1 atom stereocenters. The standard InChI is InChI=1S/C21H19NO6/c1-12-7-21(24)28-18-9-15(4-5-16(12)18)25-10-20(23)22-13(2)14-3-6-17-19(8-14)27-11-26-17/h3-9,13H,10-11H2,1-2H3,(H,22,23). The Bertz CT molecular complexity index is 1100. The summed E-state index contributed by atoms with van der Waals surface area (Å²) in [5, 5.41) is 3.71. The highest BCUT2D eigenvalue weighted by molar-refractivity contribution is 5.82. The highest BCUT2D eigenvalue weighted by Gasteiger charge is 2.17. The fourth-order valence-electron chi connectivity index (χ4n) is 3.09. The molecule has 2 aromatic carbocycles. The van der Waals surface area contributed by atoms with Crippen molar-refractivity contribution in [1.82, 2.24) is 5.32 Å². The molecule has 28 heavy (non-hydrogen) atoms. The monoisotopic (exact) mass is 381 g/mol. The highest BCUT2D eigenvalue weighted by atomic mass is 16.7. The van der Waals surface area contributed by atoms with Gasteiger partial charge in [-0.15, -0.1) is 0 Å². The van der Waals surface area contributed by atoms with Crippen LogP contribution in [0.15, 0.2) is 51.7 Å². The molecule has 0 saturated heterocycles. The minimum absolute atomic E-state index is 0.156. The molecule has 144 valence electrons. The molecule has 3 aromatic rings. The fourth-order valence-corrected chi connectivity index (χ4v) is 3.09. The third-order valence-electron chi connectivity index (χ3n) is 4.57. The Hall–Kier alpha value is -3.48. The second-order valence-corrected chi connectivity index (χ2v) is 6.60. The highest BCUT2D eigenvalue weighted by Crippen LogP contribution is 2.34. The van der Waals surface area contributed by atoms with Gasteiger partial charge in [-0.25, -0.2) is 4.79 Å². The molecule has 0 spiro atoms. The maximum absolute atomic E-state index is 12.2. The summed E-state index contributed by atoms with van der Waals surface area (Å²) in [6, 6.07) is 11.9. The van der Waals surface area contributed by atoms with Crippen LogP contribution in [0.1, 0.15) is 24.1 Å². The van der Waals surface area contributed by atoms with Crippen LogP contribution in [0, 0.1) is 6.92 Å². The van der Waals surface area contributed by atoms with Crippen LogP contribution >= 0.6 is 0 Å². The first-order chi connectivity index (χ1) is 13.5. The minimum atomic E-state index is -0.419. The molecule has 0 fully saturated rings. The fraction of sp³-hybridized carbons (Fsp3) is 0.238. The van der Waals surface area contributed by atoms with Crippen molar-refractivity contribution in [1.29, 1.82) is 0 Å². The first-order valence-electron chi connectivity index (χ1n) is 8.86. The van der Waals surface area contributed by atoms with Crippen LogP contribution in [-0.4, -0.2) is 19.3 Å².